The van der Waals surface area contributed by atoms with E-state index in [2.05, 4.69) is 10.6 Å². The number of ether oxygens (including phenoxy) is 2. The molecule has 0 radical (unpaired) electrons. The van der Waals surface area contributed by atoms with Crippen LogP contribution in [0.15, 0.2) is 48.5 Å². The number of benzene rings is 2. The monoisotopic (exact) mass is 472 g/mol. The average molecular weight is 473 g/mol. The van der Waals surface area contributed by atoms with Crippen LogP contribution in [0.2, 0.25) is 0 Å². The van der Waals surface area contributed by atoms with Gasteiger partial charge in [0.05, 0.1) is 11.5 Å². The molecule has 0 aliphatic carbocycles. The predicted molar refractivity (Wildman–Crippen MR) is 120 cm³/mol. The maximum absolute atomic E-state index is 13.1. The lowest BCUT2D eigenvalue weighted by Crippen LogP contribution is -2.40. The molecule has 2 aliphatic rings. The Morgan fingerprint density at radius 1 is 1.00 bits per heavy atom. The van der Waals surface area contributed by atoms with Crippen LogP contribution in [0.1, 0.15) is 23.2 Å². The molecular weight excluding hydrogens is 448 g/mol. The van der Waals surface area contributed by atoms with Gasteiger partial charge in [-0.05, 0) is 18.6 Å². The quantitative estimate of drug-likeness (QED) is 0.463. The Balaban J connectivity index is 1.50. The topological polar surface area (TPSA) is 128 Å². The molecule has 2 N–H and O–H groups in total. The summed E-state index contributed by atoms with van der Waals surface area (Å²) in [4.78, 5) is 38.8. The number of nitrogens with one attached hydrogen (secondary N) is 2. The number of hydrogen-bond donors (Lipinski definition) is 2. The number of hydrogen-bond acceptors (Lipinski definition) is 7. The number of ketones is 1. The van der Waals surface area contributed by atoms with Crippen molar-refractivity contribution in [1.29, 1.82) is 0 Å². The van der Waals surface area contributed by atoms with E-state index in [9.17, 15) is 22.8 Å². The molecule has 0 aromatic heterocycles. The minimum atomic E-state index is -3.18. The Hall–Kier alpha value is -3.40. The summed E-state index contributed by atoms with van der Waals surface area (Å²) in [6.45, 7) is 0.820. The summed E-state index contributed by atoms with van der Waals surface area (Å²) in [5, 5.41) is 5.33. The van der Waals surface area contributed by atoms with Gasteiger partial charge in [-0.25, -0.2) is 8.42 Å². The third kappa shape index (κ3) is 5.70. The van der Waals surface area contributed by atoms with Crippen LogP contribution >= 0.6 is 0 Å². The Morgan fingerprint density at radius 3 is 2.42 bits per heavy atom. The van der Waals surface area contributed by atoms with Gasteiger partial charge in [0.15, 0.2) is 27.1 Å². The Bertz CT molecular complexity index is 1160. The number of carbonyl (C=O) groups excluding carboxylic acids is 3. The van der Waals surface area contributed by atoms with Crippen LogP contribution in [0.4, 0.5) is 5.69 Å². The van der Waals surface area contributed by atoms with Crippen molar-refractivity contribution in [3.63, 3.8) is 0 Å². The summed E-state index contributed by atoms with van der Waals surface area (Å²) < 4.78 is 34.3. The summed E-state index contributed by atoms with van der Waals surface area (Å²) in [5.41, 5.74) is 0.702. The van der Waals surface area contributed by atoms with Crippen molar-refractivity contribution in [2.24, 2.45) is 5.92 Å². The zero-order valence-electron chi connectivity index (χ0n) is 17.8. The molecule has 10 heteroatoms. The van der Waals surface area contributed by atoms with Crippen LogP contribution in [-0.2, 0) is 19.4 Å². The lowest BCUT2D eigenvalue weighted by atomic mass is 9.93. The number of sulfone groups is 1. The Labute approximate surface area is 191 Å². The van der Waals surface area contributed by atoms with E-state index >= 15 is 0 Å². The number of amides is 2. The summed E-state index contributed by atoms with van der Waals surface area (Å²) in [6.07, 6.45) is -0.0879. The molecule has 2 heterocycles. The average Bonchev–Trinajstić information content (AvgIpc) is 3.15. The van der Waals surface area contributed by atoms with Crippen LogP contribution in [0.3, 0.4) is 0 Å². The zero-order valence-corrected chi connectivity index (χ0v) is 18.6. The first-order valence-corrected chi connectivity index (χ1v) is 12.4. The molecular formula is C23H24N2O7S. The first-order valence-electron chi connectivity index (χ1n) is 10.6. The van der Waals surface area contributed by atoms with Crippen LogP contribution in [0.5, 0.6) is 11.5 Å². The largest absolute Gasteiger partial charge is 0.486 e. The molecule has 0 saturated carbocycles. The van der Waals surface area contributed by atoms with Crippen molar-refractivity contribution in [2.45, 2.75) is 18.9 Å². The first-order chi connectivity index (χ1) is 15.8. The molecule has 33 heavy (non-hydrogen) atoms. The standard InChI is InChI=1S/C23H24N2O7S/c26-21(24-17-8-11-33(29,30)14-17)13-18(22(27)15-4-2-1-3-5-15)23(28)25-16-6-7-19-20(12-16)32-10-9-31-19/h1-7,12,17-18H,8-11,13-14H2,(H,24,26)(H,25,28)/t17-,18+/m0/s1. The number of Topliss-reactive ketones (excluding diaryl/α,β-unsaturated/α-hetero) is 1. The minimum absolute atomic E-state index is 0.00885. The maximum atomic E-state index is 13.1. The number of rotatable bonds is 7. The fourth-order valence-corrected chi connectivity index (χ4v) is 5.51. The van der Waals surface area contributed by atoms with Crippen LogP contribution < -0.4 is 20.1 Å². The second-order valence-electron chi connectivity index (χ2n) is 8.00. The minimum Gasteiger partial charge on any atom is -0.486 e. The molecule has 2 aliphatic heterocycles. The molecule has 2 amide bonds. The van der Waals surface area contributed by atoms with E-state index in [1.807, 2.05) is 0 Å². The molecule has 2 aromatic rings. The SMILES string of the molecule is O=C(C[C@@H](C(=O)Nc1ccc2c(c1)OCCO2)C(=O)c1ccccc1)N[C@H]1CCS(=O)(=O)C1. The van der Waals surface area contributed by atoms with Gasteiger partial charge >= 0.3 is 0 Å². The predicted octanol–water partition coefficient (Wildman–Crippen LogP) is 1.59. The van der Waals surface area contributed by atoms with Crippen molar-refractivity contribution >= 4 is 33.1 Å². The van der Waals surface area contributed by atoms with Gasteiger partial charge in [0.25, 0.3) is 0 Å². The molecule has 2 atom stereocenters. The van der Waals surface area contributed by atoms with Crippen molar-refractivity contribution in [2.75, 3.05) is 30.0 Å². The van der Waals surface area contributed by atoms with Crippen LogP contribution in [-0.4, -0.2) is 56.8 Å². The van der Waals surface area contributed by atoms with Crippen molar-refractivity contribution in [3.05, 3.63) is 54.1 Å². The summed E-state index contributed by atoms with van der Waals surface area (Å²) in [5.74, 6) is -2.09. The third-order valence-corrected chi connectivity index (χ3v) is 7.26. The lowest BCUT2D eigenvalue weighted by molar-refractivity contribution is -0.126. The normalized spacial score (nSPS) is 19.3. The van der Waals surface area contributed by atoms with Gasteiger partial charge in [0, 0.05) is 29.8 Å². The fraction of sp³-hybridized carbons (Fsp3) is 0.348. The second-order valence-corrected chi connectivity index (χ2v) is 10.2. The van der Waals surface area contributed by atoms with Crippen molar-refractivity contribution < 1.29 is 32.3 Å². The van der Waals surface area contributed by atoms with Crippen molar-refractivity contribution in [1.82, 2.24) is 5.32 Å². The Kier molecular flexibility index (Phi) is 6.64. The molecule has 174 valence electrons. The third-order valence-electron chi connectivity index (χ3n) is 5.49. The highest BCUT2D eigenvalue weighted by Crippen LogP contribution is 2.33. The van der Waals surface area contributed by atoms with Crippen LogP contribution in [0, 0.1) is 5.92 Å². The molecule has 0 bridgehead atoms. The smallest absolute Gasteiger partial charge is 0.235 e. The van der Waals surface area contributed by atoms with Gasteiger partial charge in [-0.2, -0.15) is 0 Å². The van der Waals surface area contributed by atoms with Gasteiger partial charge in [-0.1, -0.05) is 30.3 Å². The van der Waals surface area contributed by atoms with Crippen LogP contribution in [0.25, 0.3) is 0 Å². The number of anilines is 1. The van der Waals surface area contributed by atoms with E-state index in [-0.39, 0.29) is 11.5 Å². The maximum Gasteiger partial charge on any atom is 0.235 e. The molecule has 0 unspecified atom stereocenters. The van der Waals surface area contributed by atoms with E-state index in [1.165, 1.54) is 0 Å². The lowest BCUT2D eigenvalue weighted by Gasteiger charge is -2.20. The zero-order chi connectivity index (χ0) is 23.4. The van der Waals surface area contributed by atoms with Gasteiger partial charge < -0.3 is 20.1 Å². The highest BCUT2D eigenvalue weighted by atomic mass is 32.2. The Morgan fingerprint density at radius 2 is 1.73 bits per heavy atom. The van der Waals surface area contributed by atoms with Gasteiger partial charge in [0.2, 0.25) is 11.8 Å². The van der Waals surface area contributed by atoms with Crippen molar-refractivity contribution in [3.8, 4) is 11.5 Å². The first kappa shape index (κ1) is 22.8. The molecule has 9 nitrogen and oxygen atoms in total. The molecule has 2 aromatic carbocycles. The number of fused-ring (bicyclic) bond motifs is 1. The summed E-state index contributed by atoms with van der Waals surface area (Å²) >= 11 is 0. The molecule has 4 rings (SSSR count). The van der Waals surface area contributed by atoms with Gasteiger partial charge in [-0.15, -0.1) is 0 Å². The summed E-state index contributed by atoms with van der Waals surface area (Å²) in [7, 11) is -3.18. The van der Waals surface area contributed by atoms with E-state index in [0.29, 0.717) is 42.4 Å². The van der Waals surface area contributed by atoms with E-state index in [4.69, 9.17) is 9.47 Å². The summed E-state index contributed by atoms with van der Waals surface area (Å²) in [6, 6.07) is 12.6. The van der Waals surface area contributed by atoms with Gasteiger partial charge in [0.1, 0.15) is 19.1 Å². The molecule has 1 fully saturated rings. The van der Waals surface area contributed by atoms with Gasteiger partial charge in [-0.3, -0.25) is 14.4 Å². The van der Waals surface area contributed by atoms with E-state index in [0.717, 1.165) is 0 Å². The second kappa shape index (κ2) is 9.62. The highest BCUT2D eigenvalue weighted by molar-refractivity contribution is 7.91. The molecule has 1 saturated heterocycles. The fourth-order valence-electron chi connectivity index (χ4n) is 3.84. The number of carbonyl (C=O) groups is 3. The van der Waals surface area contributed by atoms with E-state index < -0.39 is 45.8 Å². The molecule has 0 spiro atoms. The van der Waals surface area contributed by atoms with E-state index in [1.54, 1.807) is 48.5 Å². The highest BCUT2D eigenvalue weighted by Gasteiger charge is 2.33.